The average molecular weight is 199 g/mol. The van der Waals surface area contributed by atoms with E-state index in [1.165, 1.54) is 12.8 Å². The van der Waals surface area contributed by atoms with Crippen LogP contribution < -0.4 is 0 Å². The zero-order valence-corrected chi connectivity index (χ0v) is 9.42. The fourth-order valence-electron chi connectivity index (χ4n) is 2.26. The Hall–Kier alpha value is -0.570. The number of carboxylic acid groups (broad SMARTS) is 1. The lowest BCUT2D eigenvalue weighted by molar-refractivity contribution is -0.151. The molecule has 0 saturated heterocycles. The molecule has 1 aliphatic rings. The molecule has 0 aliphatic heterocycles. The van der Waals surface area contributed by atoms with Gasteiger partial charge in [-0.1, -0.05) is 20.3 Å². The normalized spacial score (nSPS) is 20.9. The van der Waals surface area contributed by atoms with Crippen molar-refractivity contribution in [1.29, 1.82) is 0 Å². The first kappa shape index (κ1) is 11.5. The topological polar surface area (TPSA) is 40.5 Å². The second-order valence-electron chi connectivity index (χ2n) is 4.35. The smallest absolute Gasteiger partial charge is 0.323 e. The lowest BCUT2D eigenvalue weighted by atomic mass is 9.93. The van der Waals surface area contributed by atoms with Crippen LogP contribution in [0.25, 0.3) is 0 Å². The van der Waals surface area contributed by atoms with Gasteiger partial charge in [-0.3, -0.25) is 9.69 Å². The highest BCUT2D eigenvalue weighted by Gasteiger charge is 2.44. The van der Waals surface area contributed by atoms with Gasteiger partial charge in [0.2, 0.25) is 0 Å². The molecule has 14 heavy (non-hydrogen) atoms. The number of nitrogens with zero attached hydrogens (tertiary/aromatic N) is 1. The highest BCUT2D eigenvalue weighted by Crippen LogP contribution is 2.34. The van der Waals surface area contributed by atoms with Crippen molar-refractivity contribution in [2.45, 2.75) is 58.0 Å². The van der Waals surface area contributed by atoms with Crippen LogP contribution in [0.5, 0.6) is 0 Å². The SMILES string of the molecule is CCCC(C)(C(=O)O)N(CC)C1CC1. The Morgan fingerprint density at radius 2 is 2.07 bits per heavy atom. The van der Waals surface area contributed by atoms with Crippen LogP contribution in [0.4, 0.5) is 0 Å². The molecule has 0 amide bonds. The lowest BCUT2D eigenvalue weighted by Gasteiger charge is -2.37. The van der Waals surface area contributed by atoms with Crippen LogP contribution in [0.1, 0.15) is 46.5 Å². The Morgan fingerprint density at radius 3 is 2.36 bits per heavy atom. The van der Waals surface area contributed by atoms with E-state index in [2.05, 4.69) is 11.8 Å². The Balaban J connectivity index is 2.77. The van der Waals surface area contributed by atoms with Crippen LogP contribution in [0.3, 0.4) is 0 Å². The van der Waals surface area contributed by atoms with Crippen molar-refractivity contribution in [3.63, 3.8) is 0 Å². The Kier molecular flexibility index (Phi) is 3.53. The minimum absolute atomic E-state index is 0.521. The number of hydrogen-bond acceptors (Lipinski definition) is 2. The standard InChI is InChI=1S/C11H21NO2/c1-4-8-11(3,10(13)14)12(5-2)9-6-7-9/h9H,4-8H2,1-3H3,(H,13,14). The van der Waals surface area contributed by atoms with Crippen molar-refractivity contribution >= 4 is 5.97 Å². The van der Waals surface area contributed by atoms with Crippen LogP contribution >= 0.6 is 0 Å². The summed E-state index contributed by atoms with van der Waals surface area (Å²) in [5.74, 6) is -0.673. The number of rotatable bonds is 6. The van der Waals surface area contributed by atoms with Crippen molar-refractivity contribution in [2.75, 3.05) is 6.54 Å². The fraction of sp³-hybridized carbons (Fsp3) is 0.909. The van der Waals surface area contributed by atoms with Crippen molar-refractivity contribution in [3.05, 3.63) is 0 Å². The van der Waals surface area contributed by atoms with Gasteiger partial charge >= 0.3 is 5.97 Å². The van der Waals surface area contributed by atoms with E-state index in [1.54, 1.807) is 0 Å². The van der Waals surface area contributed by atoms with Crippen LogP contribution in [0.15, 0.2) is 0 Å². The molecule has 82 valence electrons. The van der Waals surface area contributed by atoms with E-state index in [0.29, 0.717) is 6.04 Å². The van der Waals surface area contributed by atoms with Crippen LogP contribution in [-0.4, -0.2) is 34.1 Å². The fourth-order valence-corrected chi connectivity index (χ4v) is 2.26. The van der Waals surface area contributed by atoms with Gasteiger partial charge in [-0.05, 0) is 32.7 Å². The summed E-state index contributed by atoms with van der Waals surface area (Å²) in [5, 5.41) is 9.30. The molecule has 1 rings (SSSR count). The molecule has 1 aliphatic carbocycles. The lowest BCUT2D eigenvalue weighted by Crippen LogP contribution is -2.53. The Bertz CT molecular complexity index is 213. The van der Waals surface area contributed by atoms with Gasteiger partial charge in [-0.25, -0.2) is 0 Å². The third kappa shape index (κ3) is 2.08. The average Bonchev–Trinajstić information content (AvgIpc) is 2.89. The summed E-state index contributed by atoms with van der Waals surface area (Å²) in [4.78, 5) is 13.5. The maximum absolute atomic E-state index is 11.3. The zero-order chi connectivity index (χ0) is 10.8. The number of aliphatic carboxylic acids is 1. The molecule has 3 nitrogen and oxygen atoms in total. The molecular weight excluding hydrogens is 178 g/mol. The van der Waals surface area contributed by atoms with Crippen LogP contribution in [-0.2, 0) is 4.79 Å². The minimum atomic E-state index is -0.673. The van der Waals surface area contributed by atoms with Crippen molar-refractivity contribution < 1.29 is 9.90 Å². The third-order valence-corrected chi connectivity index (χ3v) is 3.16. The monoisotopic (exact) mass is 199 g/mol. The van der Waals surface area contributed by atoms with Crippen molar-refractivity contribution in [2.24, 2.45) is 0 Å². The predicted molar refractivity (Wildman–Crippen MR) is 56.4 cm³/mol. The van der Waals surface area contributed by atoms with E-state index in [-0.39, 0.29) is 0 Å². The second kappa shape index (κ2) is 4.30. The molecule has 0 aromatic carbocycles. The summed E-state index contributed by atoms with van der Waals surface area (Å²) in [7, 11) is 0. The maximum atomic E-state index is 11.3. The second-order valence-corrected chi connectivity index (χ2v) is 4.35. The number of carboxylic acids is 1. The molecule has 3 heteroatoms. The minimum Gasteiger partial charge on any atom is -0.480 e. The molecule has 0 aromatic heterocycles. The summed E-state index contributed by atoms with van der Waals surface area (Å²) in [6, 6.07) is 0.521. The molecule has 0 radical (unpaired) electrons. The molecule has 1 atom stereocenters. The molecule has 0 heterocycles. The summed E-state index contributed by atoms with van der Waals surface area (Å²) in [5.41, 5.74) is -0.648. The maximum Gasteiger partial charge on any atom is 0.323 e. The highest BCUT2D eigenvalue weighted by molar-refractivity contribution is 5.78. The van der Waals surface area contributed by atoms with E-state index in [9.17, 15) is 9.90 Å². The summed E-state index contributed by atoms with van der Waals surface area (Å²) >= 11 is 0. The van der Waals surface area contributed by atoms with Gasteiger partial charge in [-0.15, -0.1) is 0 Å². The van der Waals surface area contributed by atoms with E-state index in [1.807, 2.05) is 13.8 Å². The largest absolute Gasteiger partial charge is 0.480 e. The number of likely N-dealkylation sites (N-methyl/N-ethyl adjacent to an activating group) is 1. The molecule has 0 bridgehead atoms. The van der Waals surface area contributed by atoms with Gasteiger partial charge in [0.15, 0.2) is 0 Å². The van der Waals surface area contributed by atoms with Crippen molar-refractivity contribution in [1.82, 2.24) is 4.90 Å². The first-order valence-electron chi connectivity index (χ1n) is 5.56. The Morgan fingerprint density at radius 1 is 1.50 bits per heavy atom. The van der Waals surface area contributed by atoms with Gasteiger partial charge < -0.3 is 5.11 Å². The van der Waals surface area contributed by atoms with Gasteiger partial charge in [0.1, 0.15) is 5.54 Å². The third-order valence-electron chi connectivity index (χ3n) is 3.16. The molecule has 0 spiro atoms. The Labute approximate surface area is 86.1 Å². The van der Waals surface area contributed by atoms with Gasteiger partial charge in [0.25, 0.3) is 0 Å². The van der Waals surface area contributed by atoms with Gasteiger partial charge in [-0.2, -0.15) is 0 Å². The molecular formula is C11H21NO2. The number of hydrogen-bond donors (Lipinski definition) is 1. The van der Waals surface area contributed by atoms with Crippen LogP contribution in [0.2, 0.25) is 0 Å². The highest BCUT2D eigenvalue weighted by atomic mass is 16.4. The first-order valence-corrected chi connectivity index (χ1v) is 5.56. The van der Waals surface area contributed by atoms with E-state index in [0.717, 1.165) is 19.4 Å². The molecule has 1 saturated carbocycles. The van der Waals surface area contributed by atoms with Gasteiger partial charge in [0.05, 0.1) is 0 Å². The zero-order valence-electron chi connectivity index (χ0n) is 9.42. The quantitative estimate of drug-likeness (QED) is 0.712. The molecule has 0 aromatic rings. The van der Waals surface area contributed by atoms with Crippen molar-refractivity contribution in [3.8, 4) is 0 Å². The molecule has 1 N–H and O–H groups in total. The van der Waals surface area contributed by atoms with E-state index < -0.39 is 11.5 Å². The van der Waals surface area contributed by atoms with E-state index >= 15 is 0 Å². The first-order chi connectivity index (χ1) is 6.56. The van der Waals surface area contributed by atoms with Crippen LogP contribution in [0, 0.1) is 0 Å². The number of carbonyl (C=O) groups is 1. The van der Waals surface area contributed by atoms with Gasteiger partial charge in [0, 0.05) is 6.04 Å². The summed E-state index contributed by atoms with van der Waals surface area (Å²) < 4.78 is 0. The summed E-state index contributed by atoms with van der Waals surface area (Å²) in [6.45, 7) is 6.80. The predicted octanol–water partition coefficient (Wildman–Crippen LogP) is 2.11. The van der Waals surface area contributed by atoms with E-state index in [4.69, 9.17) is 0 Å². The summed E-state index contributed by atoms with van der Waals surface area (Å²) in [6.07, 6.45) is 4.00. The molecule has 1 unspecified atom stereocenters. The molecule has 1 fully saturated rings.